The molecule has 0 N–H and O–H groups in total. The number of halogens is 1. The van der Waals surface area contributed by atoms with Gasteiger partial charge in [0.15, 0.2) is 0 Å². The molecule has 0 aromatic heterocycles. The van der Waals surface area contributed by atoms with E-state index in [1.807, 2.05) is 55.5 Å². The molecular weight excluding hydrogens is 324 g/mol. The molecule has 1 atom stereocenters. The normalized spacial score (nSPS) is 16.9. The summed E-state index contributed by atoms with van der Waals surface area (Å²) in [6.07, 6.45) is 0.665. The Kier molecular flexibility index (Phi) is 4.86. The zero-order valence-corrected chi connectivity index (χ0v) is 14.5. The minimum absolute atomic E-state index is 0.0816. The summed E-state index contributed by atoms with van der Waals surface area (Å²) in [6, 6.07) is 15.8. The highest BCUT2D eigenvalue weighted by Gasteiger charge is 2.32. The second-order valence-corrected chi connectivity index (χ2v) is 6.05. The standard InChI is InChI=1S/C19H19ClN2O2/c1-13-3-5-15(6-4-13)18-11-17(21-22(18)19(23)12-20)14-7-9-16(24-2)10-8-14/h3-10,18H,11-12H2,1-2H3/t18-/m0/s1. The Bertz CT molecular complexity index is 754. The number of alkyl halides is 1. The highest BCUT2D eigenvalue weighted by atomic mass is 35.5. The van der Waals surface area contributed by atoms with Crippen LogP contribution in [0, 0.1) is 6.92 Å². The second kappa shape index (κ2) is 7.05. The molecule has 1 amide bonds. The number of methoxy groups -OCH3 is 1. The first-order valence-corrected chi connectivity index (χ1v) is 8.32. The van der Waals surface area contributed by atoms with Crippen molar-refractivity contribution in [2.45, 2.75) is 19.4 Å². The van der Waals surface area contributed by atoms with Gasteiger partial charge >= 0.3 is 0 Å². The third-order valence-corrected chi connectivity index (χ3v) is 4.39. The number of aryl methyl sites for hydroxylation is 1. The van der Waals surface area contributed by atoms with Crippen LogP contribution in [0.1, 0.15) is 29.2 Å². The van der Waals surface area contributed by atoms with Crippen LogP contribution in [0.3, 0.4) is 0 Å². The van der Waals surface area contributed by atoms with Crippen molar-refractivity contribution in [1.82, 2.24) is 5.01 Å². The average molecular weight is 343 g/mol. The molecule has 2 aromatic carbocycles. The summed E-state index contributed by atoms with van der Waals surface area (Å²) in [5.74, 6) is 0.522. The second-order valence-electron chi connectivity index (χ2n) is 5.78. The summed E-state index contributed by atoms with van der Waals surface area (Å²) in [5.41, 5.74) is 4.11. The van der Waals surface area contributed by atoms with Crippen molar-refractivity contribution in [2.75, 3.05) is 13.0 Å². The zero-order valence-electron chi connectivity index (χ0n) is 13.7. The minimum atomic E-state index is -0.189. The van der Waals surface area contributed by atoms with Crippen molar-refractivity contribution in [1.29, 1.82) is 0 Å². The summed E-state index contributed by atoms with van der Waals surface area (Å²) in [5, 5.41) is 6.05. The molecule has 1 aliphatic rings. The lowest BCUT2D eigenvalue weighted by molar-refractivity contribution is -0.130. The molecule has 0 fully saturated rings. The summed E-state index contributed by atoms with van der Waals surface area (Å²) >= 11 is 5.77. The van der Waals surface area contributed by atoms with Crippen LogP contribution in [0.25, 0.3) is 0 Å². The third kappa shape index (κ3) is 3.29. The first kappa shape index (κ1) is 16.5. The number of hydrogen-bond acceptors (Lipinski definition) is 3. The van der Waals surface area contributed by atoms with Crippen molar-refractivity contribution >= 4 is 23.2 Å². The SMILES string of the molecule is COc1ccc(C2=NN(C(=O)CCl)[C@H](c3ccc(C)cc3)C2)cc1. The topological polar surface area (TPSA) is 41.9 Å². The van der Waals surface area contributed by atoms with Gasteiger partial charge < -0.3 is 4.74 Å². The molecule has 0 saturated heterocycles. The largest absolute Gasteiger partial charge is 0.497 e. The number of benzene rings is 2. The molecule has 0 saturated carbocycles. The van der Waals surface area contributed by atoms with Crippen LogP contribution in [-0.4, -0.2) is 29.6 Å². The highest BCUT2D eigenvalue weighted by molar-refractivity contribution is 6.27. The van der Waals surface area contributed by atoms with Crippen LogP contribution in [0.4, 0.5) is 0 Å². The first-order valence-electron chi connectivity index (χ1n) is 7.79. The molecule has 3 rings (SSSR count). The molecule has 2 aromatic rings. The van der Waals surface area contributed by atoms with Gasteiger partial charge in [0, 0.05) is 6.42 Å². The number of nitrogens with zero attached hydrogens (tertiary/aromatic N) is 2. The lowest BCUT2D eigenvalue weighted by Crippen LogP contribution is -2.27. The van der Waals surface area contributed by atoms with E-state index in [0.717, 1.165) is 22.6 Å². The molecule has 0 spiro atoms. The average Bonchev–Trinajstić information content (AvgIpc) is 3.07. The van der Waals surface area contributed by atoms with E-state index in [0.29, 0.717) is 6.42 Å². The maximum absolute atomic E-state index is 12.2. The van der Waals surface area contributed by atoms with Gasteiger partial charge in [0.1, 0.15) is 11.6 Å². The lowest BCUT2D eigenvalue weighted by Gasteiger charge is -2.21. The van der Waals surface area contributed by atoms with E-state index in [4.69, 9.17) is 16.3 Å². The van der Waals surface area contributed by atoms with Gasteiger partial charge in [-0.15, -0.1) is 11.6 Å². The maximum Gasteiger partial charge on any atom is 0.258 e. The van der Waals surface area contributed by atoms with Crippen molar-refractivity contribution in [3.63, 3.8) is 0 Å². The van der Waals surface area contributed by atoms with Gasteiger partial charge in [-0.2, -0.15) is 5.10 Å². The Labute approximate surface area is 146 Å². The van der Waals surface area contributed by atoms with Crippen LogP contribution in [-0.2, 0) is 4.79 Å². The molecule has 5 heteroatoms. The first-order chi connectivity index (χ1) is 11.6. The predicted molar refractivity (Wildman–Crippen MR) is 95.6 cm³/mol. The molecule has 124 valence electrons. The molecule has 4 nitrogen and oxygen atoms in total. The number of carbonyl (C=O) groups excluding carboxylic acids is 1. The van der Waals surface area contributed by atoms with E-state index in [1.54, 1.807) is 7.11 Å². The summed E-state index contributed by atoms with van der Waals surface area (Å²) < 4.78 is 5.19. The Balaban J connectivity index is 1.91. The van der Waals surface area contributed by atoms with Crippen molar-refractivity contribution < 1.29 is 9.53 Å². The van der Waals surface area contributed by atoms with Crippen LogP contribution in [0.5, 0.6) is 5.75 Å². The van der Waals surface area contributed by atoms with Gasteiger partial charge in [-0.05, 0) is 42.3 Å². The molecule has 0 radical (unpaired) electrons. The van der Waals surface area contributed by atoms with Crippen LogP contribution in [0.15, 0.2) is 53.6 Å². The highest BCUT2D eigenvalue weighted by Crippen LogP contribution is 2.33. The maximum atomic E-state index is 12.2. The number of hydrogen-bond donors (Lipinski definition) is 0. The molecule has 1 heterocycles. The lowest BCUT2D eigenvalue weighted by atomic mass is 9.97. The van der Waals surface area contributed by atoms with Crippen molar-refractivity contribution in [2.24, 2.45) is 5.10 Å². The Hall–Kier alpha value is -2.33. The fourth-order valence-corrected chi connectivity index (χ4v) is 2.93. The number of hydrazone groups is 1. The monoisotopic (exact) mass is 342 g/mol. The van der Waals surface area contributed by atoms with E-state index < -0.39 is 0 Å². The van der Waals surface area contributed by atoms with Crippen LogP contribution in [0.2, 0.25) is 0 Å². The summed E-state index contributed by atoms with van der Waals surface area (Å²) in [6.45, 7) is 2.04. The summed E-state index contributed by atoms with van der Waals surface area (Å²) in [4.78, 5) is 12.2. The van der Waals surface area contributed by atoms with Gasteiger partial charge in [0.25, 0.3) is 5.91 Å². The minimum Gasteiger partial charge on any atom is -0.497 e. The van der Waals surface area contributed by atoms with Gasteiger partial charge in [-0.25, -0.2) is 5.01 Å². The van der Waals surface area contributed by atoms with Gasteiger partial charge in [-0.3, -0.25) is 4.79 Å². The van der Waals surface area contributed by atoms with Gasteiger partial charge in [0.2, 0.25) is 0 Å². The Morgan fingerprint density at radius 2 is 1.88 bits per heavy atom. The smallest absolute Gasteiger partial charge is 0.258 e. The van der Waals surface area contributed by atoms with E-state index in [2.05, 4.69) is 5.10 Å². The zero-order chi connectivity index (χ0) is 17.1. The number of amides is 1. The number of carbonyl (C=O) groups is 1. The molecule has 0 aliphatic carbocycles. The molecule has 24 heavy (non-hydrogen) atoms. The molecule has 0 unspecified atom stereocenters. The van der Waals surface area contributed by atoms with Gasteiger partial charge in [-0.1, -0.05) is 29.8 Å². The van der Waals surface area contributed by atoms with Crippen molar-refractivity contribution in [3.8, 4) is 5.75 Å². The summed E-state index contributed by atoms with van der Waals surface area (Å²) in [7, 11) is 1.64. The fourth-order valence-electron chi connectivity index (χ4n) is 2.81. The van der Waals surface area contributed by atoms with Crippen molar-refractivity contribution in [3.05, 3.63) is 65.2 Å². The number of rotatable bonds is 4. The van der Waals surface area contributed by atoms with Crippen LogP contribution < -0.4 is 4.74 Å². The third-order valence-electron chi connectivity index (χ3n) is 4.17. The van der Waals surface area contributed by atoms with E-state index in [9.17, 15) is 4.79 Å². The Morgan fingerprint density at radius 1 is 1.21 bits per heavy atom. The Morgan fingerprint density at radius 3 is 2.46 bits per heavy atom. The van der Waals surface area contributed by atoms with E-state index in [1.165, 1.54) is 10.6 Å². The number of ether oxygens (including phenoxy) is 1. The molecule has 1 aliphatic heterocycles. The van der Waals surface area contributed by atoms with Gasteiger partial charge in [0.05, 0.1) is 18.9 Å². The predicted octanol–water partition coefficient (Wildman–Crippen LogP) is 3.92. The fraction of sp³-hybridized carbons (Fsp3) is 0.263. The van der Waals surface area contributed by atoms with E-state index >= 15 is 0 Å². The molecular formula is C19H19ClN2O2. The molecule has 0 bridgehead atoms. The quantitative estimate of drug-likeness (QED) is 0.790. The van der Waals surface area contributed by atoms with E-state index in [-0.39, 0.29) is 17.8 Å². The van der Waals surface area contributed by atoms with Crippen LogP contribution >= 0.6 is 11.6 Å².